The van der Waals surface area contributed by atoms with E-state index in [0.717, 1.165) is 12.1 Å². The van der Waals surface area contributed by atoms with Crippen LogP contribution >= 0.6 is 15.9 Å². The zero-order chi connectivity index (χ0) is 15.6. The van der Waals surface area contributed by atoms with Gasteiger partial charge >= 0.3 is 0 Å². The van der Waals surface area contributed by atoms with Crippen molar-refractivity contribution in [3.63, 3.8) is 0 Å². The van der Waals surface area contributed by atoms with Crippen molar-refractivity contribution in [2.75, 3.05) is 14.2 Å². The lowest BCUT2D eigenvalue weighted by Gasteiger charge is -2.15. The number of halogens is 4. The standard InChI is InChI=1S/C15H12BrF3O2/c1-20-13-6-9(11(18)7-14(13)21-2)15(16)8-3-4-10(17)12(19)5-8/h3-7,15H,1-2H3. The Balaban J connectivity index is 2.47. The number of benzene rings is 2. The highest BCUT2D eigenvalue weighted by Crippen LogP contribution is 2.38. The van der Waals surface area contributed by atoms with Crippen LogP contribution in [0.25, 0.3) is 0 Å². The van der Waals surface area contributed by atoms with Gasteiger partial charge in [-0.3, -0.25) is 0 Å². The molecule has 112 valence electrons. The maximum atomic E-state index is 14.1. The first-order valence-electron chi connectivity index (χ1n) is 5.98. The molecular formula is C15H12BrF3O2. The number of hydrogen-bond acceptors (Lipinski definition) is 2. The molecule has 0 N–H and O–H groups in total. The van der Waals surface area contributed by atoms with E-state index in [1.165, 1.54) is 32.4 Å². The lowest BCUT2D eigenvalue weighted by atomic mass is 10.0. The van der Waals surface area contributed by atoms with Gasteiger partial charge in [0, 0.05) is 11.6 Å². The minimum Gasteiger partial charge on any atom is -0.493 e. The topological polar surface area (TPSA) is 18.5 Å². The van der Waals surface area contributed by atoms with E-state index in [4.69, 9.17) is 9.47 Å². The number of rotatable bonds is 4. The summed E-state index contributed by atoms with van der Waals surface area (Å²) in [5, 5.41) is 0. The Morgan fingerprint density at radius 1 is 0.857 bits per heavy atom. The van der Waals surface area contributed by atoms with Gasteiger partial charge in [-0.2, -0.15) is 0 Å². The monoisotopic (exact) mass is 360 g/mol. The van der Waals surface area contributed by atoms with Crippen LogP contribution in [-0.2, 0) is 0 Å². The third kappa shape index (κ3) is 3.15. The normalized spacial score (nSPS) is 12.1. The molecule has 0 aliphatic heterocycles. The maximum Gasteiger partial charge on any atom is 0.163 e. The van der Waals surface area contributed by atoms with Crippen molar-refractivity contribution in [3.05, 3.63) is 58.9 Å². The van der Waals surface area contributed by atoms with Gasteiger partial charge in [-0.05, 0) is 23.8 Å². The molecule has 0 bridgehead atoms. The minimum atomic E-state index is -0.988. The van der Waals surface area contributed by atoms with E-state index in [0.29, 0.717) is 11.3 Å². The van der Waals surface area contributed by atoms with Gasteiger partial charge in [0.1, 0.15) is 5.82 Å². The van der Waals surface area contributed by atoms with Crippen molar-refractivity contribution in [2.24, 2.45) is 0 Å². The van der Waals surface area contributed by atoms with Crippen molar-refractivity contribution >= 4 is 15.9 Å². The Labute approximate surface area is 128 Å². The van der Waals surface area contributed by atoms with E-state index in [1.807, 2.05) is 0 Å². The summed E-state index contributed by atoms with van der Waals surface area (Å²) in [5.74, 6) is -1.88. The van der Waals surface area contributed by atoms with Crippen LogP contribution in [0.3, 0.4) is 0 Å². The van der Waals surface area contributed by atoms with E-state index >= 15 is 0 Å². The third-order valence-corrected chi connectivity index (χ3v) is 4.03. The van der Waals surface area contributed by atoms with E-state index in [9.17, 15) is 13.2 Å². The summed E-state index contributed by atoms with van der Waals surface area (Å²) in [6, 6.07) is 6.04. The second-order valence-electron chi connectivity index (χ2n) is 4.26. The van der Waals surface area contributed by atoms with Crippen molar-refractivity contribution in [3.8, 4) is 11.5 Å². The largest absolute Gasteiger partial charge is 0.493 e. The molecule has 21 heavy (non-hydrogen) atoms. The lowest BCUT2D eigenvalue weighted by molar-refractivity contribution is 0.351. The molecule has 0 radical (unpaired) electrons. The highest BCUT2D eigenvalue weighted by Gasteiger charge is 2.20. The Hall–Kier alpha value is -1.69. The fourth-order valence-corrected chi connectivity index (χ4v) is 2.55. The van der Waals surface area contributed by atoms with Gasteiger partial charge in [0.2, 0.25) is 0 Å². The number of alkyl halides is 1. The summed E-state index contributed by atoms with van der Waals surface area (Å²) >= 11 is 3.29. The predicted octanol–water partition coefficient (Wildman–Crippen LogP) is 4.61. The van der Waals surface area contributed by atoms with Gasteiger partial charge in [0.25, 0.3) is 0 Å². The molecule has 0 heterocycles. The lowest BCUT2D eigenvalue weighted by Crippen LogP contribution is -2.01. The third-order valence-electron chi connectivity index (χ3n) is 3.01. The molecule has 0 saturated carbocycles. The summed E-state index contributed by atoms with van der Waals surface area (Å²) < 4.78 is 50.5. The molecule has 6 heteroatoms. The molecule has 0 spiro atoms. The van der Waals surface area contributed by atoms with Crippen molar-refractivity contribution < 1.29 is 22.6 Å². The fraction of sp³-hybridized carbons (Fsp3) is 0.200. The van der Waals surface area contributed by atoms with Gasteiger partial charge in [-0.1, -0.05) is 22.0 Å². The summed E-state index contributed by atoms with van der Waals surface area (Å²) in [6.45, 7) is 0. The highest BCUT2D eigenvalue weighted by molar-refractivity contribution is 9.09. The van der Waals surface area contributed by atoms with Gasteiger partial charge in [-0.25, -0.2) is 13.2 Å². The van der Waals surface area contributed by atoms with Gasteiger partial charge < -0.3 is 9.47 Å². The highest BCUT2D eigenvalue weighted by atomic mass is 79.9. The summed E-state index contributed by atoms with van der Waals surface area (Å²) in [5.41, 5.74) is 0.624. The smallest absolute Gasteiger partial charge is 0.163 e. The van der Waals surface area contributed by atoms with Crippen LogP contribution < -0.4 is 9.47 Å². The summed E-state index contributed by atoms with van der Waals surface area (Å²) in [7, 11) is 2.83. The van der Waals surface area contributed by atoms with Gasteiger partial charge in [-0.15, -0.1) is 0 Å². The van der Waals surface area contributed by atoms with E-state index in [-0.39, 0.29) is 11.3 Å². The first-order valence-corrected chi connectivity index (χ1v) is 6.90. The molecule has 2 aromatic rings. The number of methoxy groups -OCH3 is 2. The molecule has 2 aromatic carbocycles. The van der Waals surface area contributed by atoms with Crippen LogP contribution in [0.5, 0.6) is 11.5 Å². The van der Waals surface area contributed by atoms with Gasteiger partial charge in [0.15, 0.2) is 23.1 Å². The van der Waals surface area contributed by atoms with Gasteiger partial charge in [0.05, 0.1) is 19.0 Å². The quantitative estimate of drug-likeness (QED) is 0.741. The molecule has 0 aliphatic carbocycles. The van der Waals surface area contributed by atoms with Crippen LogP contribution in [0, 0.1) is 17.5 Å². The Morgan fingerprint density at radius 2 is 1.48 bits per heavy atom. The van der Waals surface area contributed by atoms with E-state index in [2.05, 4.69) is 15.9 Å². The Morgan fingerprint density at radius 3 is 2.05 bits per heavy atom. The minimum absolute atomic E-state index is 0.235. The second kappa shape index (κ2) is 6.39. The SMILES string of the molecule is COc1cc(F)c(C(Br)c2ccc(F)c(F)c2)cc1OC. The molecule has 0 saturated heterocycles. The average Bonchev–Trinajstić information content (AvgIpc) is 2.49. The first kappa shape index (κ1) is 15.7. The number of hydrogen-bond donors (Lipinski definition) is 0. The molecule has 0 aliphatic rings. The molecule has 1 atom stereocenters. The van der Waals surface area contributed by atoms with Crippen molar-refractivity contribution in [1.82, 2.24) is 0 Å². The second-order valence-corrected chi connectivity index (χ2v) is 5.18. The summed E-state index contributed by atoms with van der Waals surface area (Å²) in [4.78, 5) is -0.646. The molecular weight excluding hydrogens is 349 g/mol. The number of ether oxygens (including phenoxy) is 2. The molecule has 0 fully saturated rings. The molecule has 2 nitrogen and oxygen atoms in total. The zero-order valence-electron chi connectivity index (χ0n) is 11.3. The Kier molecular flexibility index (Phi) is 4.77. The molecule has 0 aromatic heterocycles. The molecule has 2 rings (SSSR count). The predicted molar refractivity (Wildman–Crippen MR) is 76.6 cm³/mol. The van der Waals surface area contributed by atoms with E-state index < -0.39 is 22.3 Å². The summed E-state index contributed by atoms with van der Waals surface area (Å²) in [6.07, 6.45) is 0. The van der Waals surface area contributed by atoms with Crippen molar-refractivity contribution in [2.45, 2.75) is 4.83 Å². The van der Waals surface area contributed by atoms with Crippen molar-refractivity contribution in [1.29, 1.82) is 0 Å². The zero-order valence-corrected chi connectivity index (χ0v) is 12.9. The molecule has 1 unspecified atom stereocenters. The van der Waals surface area contributed by atoms with Crippen LogP contribution in [0.1, 0.15) is 16.0 Å². The average molecular weight is 361 g/mol. The van der Waals surface area contributed by atoms with Crippen LogP contribution in [0.4, 0.5) is 13.2 Å². The first-order chi connectivity index (χ1) is 9.97. The van der Waals surface area contributed by atoms with Crippen LogP contribution in [-0.4, -0.2) is 14.2 Å². The maximum absolute atomic E-state index is 14.1. The molecule has 0 amide bonds. The van der Waals surface area contributed by atoms with E-state index in [1.54, 1.807) is 0 Å². The van der Waals surface area contributed by atoms with Crippen LogP contribution in [0.15, 0.2) is 30.3 Å². The fourth-order valence-electron chi connectivity index (χ4n) is 1.91. The Bertz CT molecular complexity index is 662. The van der Waals surface area contributed by atoms with Crippen LogP contribution in [0.2, 0.25) is 0 Å².